The molecule has 4 nitrogen and oxygen atoms in total. The van der Waals surface area contributed by atoms with Crippen LogP contribution in [-0.4, -0.2) is 33.9 Å². The Morgan fingerprint density at radius 2 is 2.23 bits per heavy atom. The van der Waals surface area contributed by atoms with Crippen molar-refractivity contribution >= 4 is 5.91 Å². The fourth-order valence-corrected chi connectivity index (χ4v) is 1.16. The number of carbonyl (C=O) groups is 1. The summed E-state index contributed by atoms with van der Waals surface area (Å²) in [5.74, 6) is -1.55. The monoisotopic (exact) mass is 187 g/mol. The molecule has 0 N–H and O–H groups in total. The van der Waals surface area contributed by atoms with E-state index in [1.165, 1.54) is 4.90 Å². The number of amides is 1. The molecule has 70 valence electrons. The van der Waals surface area contributed by atoms with Gasteiger partial charge in [0.1, 0.15) is 0 Å². The minimum absolute atomic E-state index is 0.226. The van der Waals surface area contributed by atoms with Crippen LogP contribution in [0.15, 0.2) is 6.20 Å². The van der Waals surface area contributed by atoms with Crippen LogP contribution in [0, 0.1) is 5.82 Å². The van der Waals surface area contributed by atoms with Crippen molar-refractivity contribution in [3.63, 3.8) is 0 Å². The number of rotatable bonds is 1. The first-order valence-electron chi connectivity index (χ1n) is 3.89. The van der Waals surface area contributed by atoms with Gasteiger partial charge in [0.2, 0.25) is 0 Å². The zero-order chi connectivity index (χ0) is 9.42. The molecule has 1 aromatic rings. The van der Waals surface area contributed by atoms with E-state index in [2.05, 4.69) is 5.10 Å². The quantitative estimate of drug-likeness (QED) is 0.645. The first-order valence-corrected chi connectivity index (χ1v) is 3.89. The minimum Gasteiger partial charge on any atom is -0.337 e. The van der Waals surface area contributed by atoms with Gasteiger partial charge < -0.3 is 4.90 Å². The summed E-state index contributed by atoms with van der Waals surface area (Å²) in [5.41, 5.74) is -0.611. The maximum Gasteiger partial charge on any atom is 0.278 e. The number of hydrogen-bond acceptors (Lipinski definition) is 2. The maximum absolute atomic E-state index is 12.8. The van der Waals surface area contributed by atoms with Crippen molar-refractivity contribution in [3.8, 4) is 0 Å². The summed E-state index contributed by atoms with van der Waals surface area (Å²) in [7, 11) is 0. The van der Waals surface area contributed by atoms with Gasteiger partial charge in [-0.2, -0.15) is 0 Å². The summed E-state index contributed by atoms with van der Waals surface area (Å²) in [4.78, 5) is 12.5. The lowest BCUT2D eigenvalue weighted by Crippen LogP contribution is -2.42. The molecule has 1 fully saturated rings. The molecule has 1 saturated heterocycles. The number of carbonyl (C=O) groups excluding carboxylic acids is 1. The largest absolute Gasteiger partial charge is 0.337 e. The second-order valence-electron chi connectivity index (χ2n) is 2.85. The van der Waals surface area contributed by atoms with Crippen molar-refractivity contribution in [2.45, 2.75) is 6.42 Å². The summed E-state index contributed by atoms with van der Waals surface area (Å²) in [5, 5.41) is 3.01. The molecule has 0 radical (unpaired) electrons. The van der Waals surface area contributed by atoms with Crippen molar-refractivity contribution in [1.29, 1.82) is 0 Å². The molecule has 13 heavy (non-hydrogen) atoms. The van der Waals surface area contributed by atoms with E-state index in [0.717, 1.165) is 6.42 Å². The van der Waals surface area contributed by atoms with E-state index in [0.29, 0.717) is 19.3 Å². The first kappa shape index (κ1) is 8.15. The van der Waals surface area contributed by atoms with Gasteiger partial charge in [-0.1, -0.05) is 9.39 Å². The topological polar surface area (TPSA) is 38.1 Å². The summed E-state index contributed by atoms with van der Waals surface area (Å²) < 4.78 is 25.5. The highest BCUT2D eigenvalue weighted by molar-refractivity contribution is 5.93. The van der Waals surface area contributed by atoms with E-state index >= 15 is 0 Å². The van der Waals surface area contributed by atoms with Gasteiger partial charge in [0.15, 0.2) is 11.5 Å². The molecule has 2 heterocycles. The maximum atomic E-state index is 12.8. The molecule has 0 unspecified atom stereocenters. The lowest BCUT2D eigenvalue weighted by Gasteiger charge is -2.30. The van der Waals surface area contributed by atoms with Crippen molar-refractivity contribution in [1.82, 2.24) is 14.9 Å². The molecule has 0 atom stereocenters. The van der Waals surface area contributed by atoms with Crippen LogP contribution in [0.1, 0.15) is 16.9 Å². The van der Waals surface area contributed by atoms with E-state index < -0.39 is 17.4 Å². The van der Waals surface area contributed by atoms with Crippen LogP contribution < -0.4 is 0 Å². The van der Waals surface area contributed by atoms with E-state index in [9.17, 15) is 13.7 Å². The van der Waals surface area contributed by atoms with Gasteiger partial charge in [0.25, 0.3) is 5.91 Å². The predicted octanol–water partition coefficient (Wildman–Crippen LogP) is 0.601. The van der Waals surface area contributed by atoms with E-state index in [1.807, 2.05) is 0 Å². The normalized spacial score (nSPS) is 15.7. The molecule has 0 bridgehead atoms. The summed E-state index contributed by atoms with van der Waals surface area (Å²) >= 11 is 0. The van der Waals surface area contributed by atoms with Gasteiger partial charge >= 0.3 is 0 Å². The second-order valence-corrected chi connectivity index (χ2v) is 2.85. The lowest BCUT2D eigenvalue weighted by atomic mass is 10.2. The average Bonchev–Trinajstić information content (AvgIpc) is 2.27. The highest BCUT2D eigenvalue weighted by Gasteiger charge is 2.28. The third-order valence-corrected chi connectivity index (χ3v) is 2.03. The van der Waals surface area contributed by atoms with E-state index in [-0.39, 0.29) is 4.90 Å². The molecule has 0 saturated carbocycles. The Labute approximate surface area is 72.7 Å². The first-order chi connectivity index (χ1) is 6.20. The third kappa shape index (κ3) is 1.18. The van der Waals surface area contributed by atoms with Crippen LogP contribution in [0.2, 0.25) is 0 Å². The zero-order valence-electron chi connectivity index (χ0n) is 6.70. The SMILES string of the molecule is O=C(c1c(F)cnn1F)N1CCC1. The average molecular weight is 187 g/mol. The summed E-state index contributed by atoms with van der Waals surface area (Å²) in [6.07, 6.45) is 1.57. The van der Waals surface area contributed by atoms with Gasteiger partial charge in [-0.05, 0) is 6.42 Å². The van der Waals surface area contributed by atoms with Crippen LogP contribution in [0.5, 0.6) is 0 Å². The number of nitrogens with zero attached hydrogens (tertiary/aromatic N) is 3. The Bertz CT molecular complexity index is 326. The van der Waals surface area contributed by atoms with Crippen LogP contribution in [-0.2, 0) is 0 Å². The summed E-state index contributed by atoms with van der Waals surface area (Å²) in [6.45, 7) is 1.12. The van der Waals surface area contributed by atoms with Crippen molar-refractivity contribution in [2.24, 2.45) is 0 Å². The molecular weight excluding hydrogens is 180 g/mol. The Balaban J connectivity index is 2.28. The molecule has 6 heteroatoms. The van der Waals surface area contributed by atoms with Crippen LogP contribution in [0.25, 0.3) is 0 Å². The Morgan fingerprint density at radius 3 is 2.62 bits per heavy atom. The number of aromatic nitrogens is 2. The van der Waals surface area contributed by atoms with Gasteiger partial charge in [-0.3, -0.25) is 4.79 Å². The van der Waals surface area contributed by atoms with E-state index in [4.69, 9.17) is 0 Å². The van der Waals surface area contributed by atoms with Gasteiger partial charge in [-0.25, -0.2) is 4.39 Å². The molecular formula is C7H7F2N3O. The highest BCUT2D eigenvalue weighted by Crippen LogP contribution is 2.14. The third-order valence-electron chi connectivity index (χ3n) is 2.03. The molecule has 0 spiro atoms. The Hall–Kier alpha value is -1.46. The van der Waals surface area contributed by atoms with Crippen LogP contribution >= 0.6 is 0 Å². The van der Waals surface area contributed by atoms with Gasteiger partial charge in [0.05, 0.1) is 6.20 Å². The number of likely N-dealkylation sites (tertiary alicyclic amines) is 1. The standard InChI is InChI=1S/C7H7F2N3O/c8-5-4-10-12(9)6(5)7(13)11-2-1-3-11/h4H,1-3H2. The minimum atomic E-state index is -0.917. The molecule has 0 aliphatic carbocycles. The number of halogens is 2. The molecule has 1 aliphatic rings. The van der Waals surface area contributed by atoms with Gasteiger partial charge in [-0.15, -0.1) is 5.10 Å². The van der Waals surface area contributed by atoms with Crippen molar-refractivity contribution < 1.29 is 13.7 Å². The molecule has 1 aliphatic heterocycles. The fourth-order valence-electron chi connectivity index (χ4n) is 1.16. The predicted molar refractivity (Wildman–Crippen MR) is 39.2 cm³/mol. The van der Waals surface area contributed by atoms with Crippen molar-refractivity contribution in [3.05, 3.63) is 17.7 Å². The second kappa shape index (κ2) is 2.79. The molecule has 1 amide bonds. The Morgan fingerprint density at radius 1 is 1.54 bits per heavy atom. The van der Waals surface area contributed by atoms with Gasteiger partial charge in [0, 0.05) is 13.1 Å². The molecule has 2 rings (SSSR count). The van der Waals surface area contributed by atoms with E-state index in [1.54, 1.807) is 0 Å². The lowest BCUT2D eigenvalue weighted by molar-refractivity contribution is 0.0618. The highest BCUT2D eigenvalue weighted by atomic mass is 19.2. The van der Waals surface area contributed by atoms with Crippen LogP contribution in [0.4, 0.5) is 8.87 Å². The van der Waals surface area contributed by atoms with Crippen molar-refractivity contribution in [2.75, 3.05) is 13.1 Å². The summed E-state index contributed by atoms with van der Waals surface area (Å²) in [6, 6.07) is 0. The van der Waals surface area contributed by atoms with Crippen LogP contribution in [0.3, 0.4) is 0 Å². The zero-order valence-corrected chi connectivity index (χ0v) is 6.70. The number of hydrogen-bond donors (Lipinski definition) is 0. The smallest absolute Gasteiger partial charge is 0.278 e. The molecule has 0 aromatic carbocycles. The fraction of sp³-hybridized carbons (Fsp3) is 0.429. The Kier molecular flexibility index (Phi) is 1.75. The molecule has 1 aromatic heterocycles.